The molecule has 0 amide bonds. The number of hydrogen-bond donors (Lipinski definition) is 0. The van der Waals surface area contributed by atoms with E-state index < -0.39 is 28.6 Å². The summed E-state index contributed by atoms with van der Waals surface area (Å²) in [6.45, 7) is 0. The normalized spacial score (nSPS) is 16.8. The molecule has 0 heterocycles. The van der Waals surface area contributed by atoms with E-state index in [1.54, 1.807) is 0 Å². The second kappa shape index (κ2) is 5.25. The molecule has 5 heteroatoms. The average Bonchev–Trinajstić information content (AvgIpc) is 2.32. The van der Waals surface area contributed by atoms with Gasteiger partial charge in [-0.1, -0.05) is 0 Å². The van der Waals surface area contributed by atoms with Gasteiger partial charge in [0, 0.05) is 25.7 Å². The molecule has 1 saturated carbocycles. The Morgan fingerprint density at radius 3 is 2.21 bits per heavy atom. The maximum atomic E-state index is 13.8. The Hall–Kier alpha value is -1.49. The zero-order chi connectivity index (χ0) is 14.0. The molecule has 1 aliphatic carbocycles. The van der Waals surface area contributed by atoms with E-state index >= 15 is 0 Å². The summed E-state index contributed by atoms with van der Waals surface area (Å²) in [5.74, 6) is -2.31. The van der Waals surface area contributed by atoms with Crippen LogP contribution in [0.5, 0.6) is 5.75 Å². The first-order chi connectivity index (χ1) is 9.01. The summed E-state index contributed by atoms with van der Waals surface area (Å²) in [5.41, 5.74) is -1.06. The zero-order valence-electron chi connectivity index (χ0n) is 11.0. The molecule has 0 N–H and O–H groups in total. The molecular weight excluding hydrogens is 254 g/mol. The topological polar surface area (TPSA) is 35.5 Å². The van der Waals surface area contributed by atoms with Gasteiger partial charge in [0.15, 0.2) is 5.78 Å². The fourth-order valence-electron chi connectivity index (χ4n) is 2.34. The van der Waals surface area contributed by atoms with Gasteiger partial charge in [0.1, 0.15) is 17.4 Å². The number of rotatable bonds is 5. The Morgan fingerprint density at radius 1 is 1.26 bits per heavy atom. The van der Waals surface area contributed by atoms with Crippen LogP contribution in [0.2, 0.25) is 0 Å². The van der Waals surface area contributed by atoms with Crippen LogP contribution in [-0.4, -0.2) is 25.6 Å². The van der Waals surface area contributed by atoms with E-state index in [1.807, 2.05) is 0 Å². The molecule has 2 rings (SSSR count). The standard InChI is InChI=1S/C14H16F2O3/c1-18-9-6-10(15)13(11(16)7-9)12(17)8-14(19-2)4-3-5-14/h6-7H,3-5,8H2,1-2H3. The summed E-state index contributed by atoms with van der Waals surface area (Å²) in [7, 11) is 2.83. The predicted molar refractivity (Wildman–Crippen MR) is 65.4 cm³/mol. The quantitative estimate of drug-likeness (QED) is 0.771. The molecule has 0 saturated heterocycles. The van der Waals surface area contributed by atoms with Gasteiger partial charge in [0.25, 0.3) is 0 Å². The lowest BCUT2D eigenvalue weighted by Crippen LogP contribution is -2.41. The molecule has 0 radical (unpaired) electrons. The number of carbonyl (C=O) groups is 1. The highest BCUT2D eigenvalue weighted by Gasteiger charge is 2.40. The van der Waals surface area contributed by atoms with Crippen molar-refractivity contribution in [2.24, 2.45) is 0 Å². The lowest BCUT2D eigenvalue weighted by atomic mass is 9.75. The van der Waals surface area contributed by atoms with Crippen LogP contribution in [0.3, 0.4) is 0 Å². The minimum absolute atomic E-state index is 0.00364. The lowest BCUT2D eigenvalue weighted by Gasteiger charge is -2.40. The summed E-state index contributed by atoms with van der Waals surface area (Å²) < 4.78 is 37.6. The number of ketones is 1. The van der Waals surface area contributed by atoms with Crippen LogP contribution in [0.1, 0.15) is 36.0 Å². The van der Waals surface area contributed by atoms with E-state index in [0.717, 1.165) is 31.4 Å². The van der Waals surface area contributed by atoms with Crippen molar-refractivity contribution in [2.45, 2.75) is 31.3 Å². The first-order valence-electron chi connectivity index (χ1n) is 6.13. The van der Waals surface area contributed by atoms with Gasteiger partial charge in [-0.05, 0) is 19.3 Å². The van der Waals surface area contributed by atoms with E-state index in [0.29, 0.717) is 0 Å². The Balaban J connectivity index is 2.24. The van der Waals surface area contributed by atoms with Crippen LogP contribution < -0.4 is 4.74 Å². The van der Waals surface area contributed by atoms with Gasteiger partial charge in [0.05, 0.1) is 18.3 Å². The van der Waals surface area contributed by atoms with E-state index in [1.165, 1.54) is 14.2 Å². The van der Waals surface area contributed by atoms with Gasteiger partial charge in [0.2, 0.25) is 0 Å². The molecule has 0 aromatic heterocycles. The lowest BCUT2D eigenvalue weighted by molar-refractivity contribution is -0.0705. The number of carbonyl (C=O) groups excluding carboxylic acids is 1. The first-order valence-corrected chi connectivity index (χ1v) is 6.13. The van der Waals surface area contributed by atoms with Crippen LogP contribution in [0.25, 0.3) is 0 Å². The van der Waals surface area contributed by atoms with Gasteiger partial charge in [-0.15, -0.1) is 0 Å². The maximum Gasteiger partial charge on any atom is 0.171 e. The Labute approximate surface area is 110 Å². The Kier molecular flexibility index (Phi) is 3.85. The third kappa shape index (κ3) is 2.61. The van der Waals surface area contributed by atoms with Crippen LogP contribution in [-0.2, 0) is 4.74 Å². The number of ether oxygens (including phenoxy) is 2. The van der Waals surface area contributed by atoms with Gasteiger partial charge in [-0.2, -0.15) is 0 Å². The van der Waals surface area contributed by atoms with E-state index in [9.17, 15) is 13.6 Å². The molecule has 3 nitrogen and oxygen atoms in total. The second-order valence-electron chi connectivity index (χ2n) is 4.81. The monoisotopic (exact) mass is 270 g/mol. The molecule has 0 spiro atoms. The van der Waals surface area contributed by atoms with Gasteiger partial charge >= 0.3 is 0 Å². The van der Waals surface area contributed by atoms with Crippen molar-refractivity contribution in [1.29, 1.82) is 0 Å². The minimum Gasteiger partial charge on any atom is -0.497 e. The predicted octanol–water partition coefficient (Wildman–Crippen LogP) is 3.12. The van der Waals surface area contributed by atoms with Crippen LogP contribution in [0.15, 0.2) is 12.1 Å². The number of Topliss-reactive ketones (excluding diaryl/α,β-unsaturated/α-hetero) is 1. The summed E-state index contributed by atoms with van der Waals surface area (Å²) in [6.07, 6.45) is 2.46. The number of hydrogen-bond acceptors (Lipinski definition) is 3. The van der Waals surface area contributed by atoms with Crippen molar-refractivity contribution in [3.8, 4) is 5.75 Å². The number of halogens is 2. The zero-order valence-corrected chi connectivity index (χ0v) is 11.0. The maximum absolute atomic E-state index is 13.8. The molecule has 19 heavy (non-hydrogen) atoms. The molecule has 0 unspecified atom stereocenters. The van der Waals surface area contributed by atoms with E-state index in [-0.39, 0.29) is 12.2 Å². The summed E-state index contributed by atoms with van der Waals surface area (Å²) in [4.78, 5) is 12.1. The fourth-order valence-corrected chi connectivity index (χ4v) is 2.34. The Bertz CT molecular complexity index is 467. The van der Waals surface area contributed by atoms with Crippen LogP contribution in [0, 0.1) is 11.6 Å². The Morgan fingerprint density at radius 2 is 1.84 bits per heavy atom. The summed E-state index contributed by atoms with van der Waals surface area (Å²) in [6, 6.07) is 2.02. The smallest absolute Gasteiger partial charge is 0.171 e. The van der Waals surface area contributed by atoms with Gasteiger partial charge in [-0.3, -0.25) is 4.79 Å². The molecule has 1 fully saturated rings. The van der Waals surface area contributed by atoms with Crippen molar-refractivity contribution in [1.82, 2.24) is 0 Å². The SMILES string of the molecule is COc1cc(F)c(C(=O)CC2(OC)CCC2)c(F)c1. The molecule has 1 aromatic carbocycles. The molecule has 0 atom stereocenters. The molecule has 104 valence electrons. The van der Waals surface area contributed by atoms with Crippen molar-refractivity contribution >= 4 is 5.78 Å². The van der Waals surface area contributed by atoms with Gasteiger partial charge < -0.3 is 9.47 Å². The van der Waals surface area contributed by atoms with Crippen molar-refractivity contribution in [2.75, 3.05) is 14.2 Å². The number of benzene rings is 1. The number of methoxy groups -OCH3 is 2. The van der Waals surface area contributed by atoms with Crippen LogP contribution in [0.4, 0.5) is 8.78 Å². The molecule has 1 aromatic rings. The molecular formula is C14H16F2O3. The van der Waals surface area contributed by atoms with E-state index in [4.69, 9.17) is 9.47 Å². The third-order valence-electron chi connectivity index (χ3n) is 3.71. The highest BCUT2D eigenvalue weighted by atomic mass is 19.1. The molecule has 0 bridgehead atoms. The molecule has 0 aliphatic heterocycles. The van der Waals surface area contributed by atoms with Crippen molar-refractivity contribution in [3.05, 3.63) is 29.3 Å². The fraction of sp³-hybridized carbons (Fsp3) is 0.500. The first kappa shape index (κ1) is 13.9. The highest BCUT2D eigenvalue weighted by molar-refractivity contribution is 5.97. The van der Waals surface area contributed by atoms with Crippen LogP contribution >= 0.6 is 0 Å². The highest BCUT2D eigenvalue weighted by Crippen LogP contribution is 2.39. The van der Waals surface area contributed by atoms with Crippen molar-refractivity contribution in [3.63, 3.8) is 0 Å². The summed E-state index contributed by atoms with van der Waals surface area (Å²) in [5, 5.41) is 0. The minimum atomic E-state index is -0.896. The van der Waals surface area contributed by atoms with Crippen molar-refractivity contribution < 1.29 is 23.0 Å². The molecule has 1 aliphatic rings. The van der Waals surface area contributed by atoms with E-state index in [2.05, 4.69) is 0 Å². The average molecular weight is 270 g/mol. The second-order valence-corrected chi connectivity index (χ2v) is 4.81. The van der Waals surface area contributed by atoms with Gasteiger partial charge in [-0.25, -0.2) is 8.78 Å². The summed E-state index contributed by atoms with van der Waals surface area (Å²) >= 11 is 0. The third-order valence-corrected chi connectivity index (χ3v) is 3.71. The largest absolute Gasteiger partial charge is 0.497 e.